The average molecular weight is 457 g/mol. The van der Waals surface area contributed by atoms with E-state index in [9.17, 15) is 4.79 Å². The SMILES string of the molecule is CC(=O)O[C@@H]1CC[C@@]2(C)C(=CC[C@H]3[C@H]4C[C@H]5O[C@@]6(CC[C@H](C)CO6)[C@H](C)[C@H]5[C@@]4(C)CC[C@@H]32)C1. The molecule has 2 heterocycles. The van der Waals surface area contributed by atoms with Crippen molar-refractivity contribution in [3.05, 3.63) is 11.6 Å². The molecule has 2 saturated heterocycles. The zero-order valence-electron chi connectivity index (χ0n) is 21.4. The number of ether oxygens (including phenoxy) is 3. The third-order valence-corrected chi connectivity index (χ3v) is 11.7. The van der Waals surface area contributed by atoms with Gasteiger partial charge in [-0.3, -0.25) is 4.79 Å². The molecule has 3 saturated carbocycles. The number of hydrogen-bond donors (Lipinski definition) is 0. The van der Waals surface area contributed by atoms with Crippen molar-refractivity contribution in [1.82, 2.24) is 0 Å². The molecule has 33 heavy (non-hydrogen) atoms. The van der Waals surface area contributed by atoms with Crippen molar-refractivity contribution in [3.63, 3.8) is 0 Å². The molecule has 0 N–H and O–H groups in total. The van der Waals surface area contributed by atoms with E-state index in [1.165, 1.54) is 32.1 Å². The van der Waals surface area contributed by atoms with Crippen molar-refractivity contribution < 1.29 is 19.0 Å². The molecule has 4 nitrogen and oxygen atoms in total. The minimum Gasteiger partial charge on any atom is -0.462 e. The van der Waals surface area contributed by atoms with E-state index in [2.05, 4.69) is 33.8 Å². The second-order valence-electron chi connectivity index (χ2n) is 13.3. The molecule has 0 bridgehead atoms. The lowest BCUT2D eigenvalue weighted by atomic mass is 9.47. The first-order chi connectivity index (χ1) is 15.7. The smallest absolute Gasteiger partial charge is 0.302 e. The van der Waals surface area contributed by atoms with Gasteiger partial charge in [0.25, 0.3) is 0 Å². The zero-order chi connectivity index (χ0) is 23.2. The number of allylic oxidation sites excluding steroid dienone is 1. The Morgan fingerprint density at radius 3 is 2.64 bits per heavy atom. The van der Waals surface area contributed by atoms with Crippen molar-refractivity contribution in [2.75, 3.05) is 6.61 Å². The van der Waals surface area contributed by atoms with Gasteiger partial charge in [-0.05, 0) is 85.4 Å². The fraction of sp³-hybridized carbons (Fsp3) is 0.897. The van der Waals surface area contributed by atoms with Crippen LogP contribution >= 0.6 is 0 Å². The van der Waals surface area contributed by atoms with Crippen LogP contribution in [-0.2, 0) is 19.0 Å². The number of esters is 1. The monoisotopic (exact) mass is 456 g/mol. The second kappa shape index (κ2) is 7.56. The highest BCUT2D eigenvalue weighted by Gasteiger charge is 2.68. The van der Waals surface area contributed by atoms with E-state index in [0.29, 0.717) is 29.3 Å². The molecule has 0 aromatic heterocycles. The lowest BCUT2D eigenvalue weighted by Gasteiger charge is -2.58. The van der Waals surface area contributed by atoms with Gasteiger partial charge < -0.3 is 14.2 Å². The first kappa shape index (κ1) is 22.6. The molecule has 1 spiro atoms. The Bertz CT molecular complexity index is 841. The van der Waals surface area contributed by atoms with E-state index in [0.717, 1.165) is 50.0 Å². The second-order valence-corrected chi connectivity index (χ2v) is 13.3. The summed E-state index contributed by atoms with van der Waals surface area (Å²) in [6.45, 7) is 12.3. The molecule has 184 valence electrons. The van der Waals surface area contributed by atoms with Gasteiger partial charge in [0.2, 0.25) is 0 Å². The lowest BCUT2D eigenvalue weighted by Crippen LogP contribution is -2.52. The van der Waals surface area contributed by atoms with Crippen LogP contribution in [-0.4, -0.2) is 30.6 Å². The van der Waals surface area contributed by atoms with Gasteiger partial charge in [-0.1, -0.05) is 39.3 Å². The summed E-state index contributed by atoms with van der Waals surface area (Å²) in [5.41, 5.74) is 2.24. The molecule has 2 aliphatic heterocycles. The van der Waals surface area contributed by atoms with Crippen LogP contribution in [0.15, 0.2) is 11.6 Å². The molecule has 5 fully saturated rings. The molecular weight excluding hydrogens is 412 g/mol. The van der Waals surface area contributed by atoms with E-state index < -0.39 is 0 Å². The summed E-state index contributed by atoms with van der Waals surface area (Å²) < 4.78 is 19.0. The summed E-state index contributed by atoms with van der Waals surface area (Å²) in [7, 11) is 0. The van der Waals surface area contributed by atoms with E-state index in [-0.39, 0.29) is 23.3 Å². The highest BCUT2D eigenvalue weighted by molar-refractivity contribution is 5.66. The van der Waals surface area contributed by atoms with Crippen molar-refractivity contribution in [1.29, 1.82) is 0 Å². The fourth-order valence-electron chi connectivity index (χ4n) is 9.98. The third kappa shape index (κ3) is 3.18. The number of rotatable bonds is 1. The third-order valence-electron chi connectivity index (χ3n) is 11.7. The van der Waals surface area contributed by atoms with Crippen LogP contribution in [0.1, 0.15) is 92.4 Å². The van der Waals surface area contributed by atoms with Crippen LogP contribution < -0.4 is 0 Å². The van der Waals surface area contributed by atoms with Gasteiger partial charge >= 0.3 is 5.97 Å². The summed E-state index contributed by atoms with van der Waals surface area (Å²) in [5.74, 6) is 3.64. The van der Waals surface area contributed by atoms with Crippen LogP contribution in [0.4, 0.5) is 0 Å². The largest absolute Gasteiger partial charge is 0.462 e. The molecule has 0 aromatic rings. The molecule has 0 amide bonds. The average Bonchev–Trinajstić information content (AvgIpc) is 3.21. The Morgan fingerprint density at radius 2 is 1.91 bits per heavy atom. The number of carbonyl (C=O) groups is 1. The van der Waals surface area contributed by atoms with Gasteiger partial charge in [0.1, 0.15) is 6.10 Å². The maximum absolute atomic E-state index is 11.5. The number of hydrogen-bond acceptors (Lipinski definition) is 4. The minimum absolute atomic E-state index is 0.0849. The van der Waals surface area contributed by atoms with Gasteiger partial charge in [-0.25, -0.2) is 0 Å². The zero-order valence-corrected chi connectivity index (χ0v) is 21.4. The van der Waals surface area contributed by atoms with Crippen molar-refractivity contribution in [2.45, 2.75) is 110 Å². The van der Waals surface area contributed by atoms with E-state index in [1.54, 1.807) is 12.5 Å². The Balaban J connectivity index is 1.24. The summed E-state index contributed by atoms with van der Waals surface area (Å²) in [5, 5.41) is 0. The summed E-state index contributed by atoms with van der Waals surface area (Å²) in [4.78, 5) is 11.5. The predicted octanol–water partition coefficient (Wildman–Crippen LogP) is 6.28. The molecule has 6 aliphatic rings. The van der Waals surface area contributed by atoms with E-state index in [1.807, 2.05) is 0 Å². The summed E-state index contributed by atoms with van der Waals surface area (Å²) in [6.07, 6.45) is 13.6. The van der Waals surface area contributed by atoms with Crippen LogP contribution in [0.2, 0.25) is 0 Å². The highest BCUT2D eigenvalue weighted by atomic mass is 16.7. The maximum atomic E-state index is 11.5. The molecular formula is C29H44O4. The molecule has 6 rings (SSSR count). The van der Waals surface area contributed by atoms with Gasteiger partial charge in [-0.15, -0.1) is 0 Å². The van der Waals surface area contributed by atoms with E-state index in [4.69, 9.17) is 14.2 Å². The van der Waals surface area contributed by atoms with Gasteiger partial charge in [0.15, 0.2) is 5.79 Å². The quantitative estimate of drug-likeness (QED) is 0.344. The molecule has 4 heteroatoms. The number of fused-ring (bicyclic) bond motifs is 7. The first-order valence-electron chi connectivity index (χ1n) is 13.8. The topological polar surface area (TPSA) is 44.8 Å². The Kier molecular flexibility index (Phi) is 5.18. The minimum atomic E-state index is -0.312. The van der Waals surface area contributed by atoms with Crippen LogP contribution in [0.3, 0.4) is 0 Å². The van der Waals surface area contributed by atoms with Crippen molar-refractivity contribution >= 4 is 5.97 Å². The van der Waals surface area contributed by atoms with Crippen LogP contribution in [0.25, 0.3) is 0 Å². The lowest BCUT2D eigenvalue weighted by molar-refractivity contribution is -0.272. The Labute approximate surface area is 200 Å². The molecule has 4 aliphatic carbocycles. The van der Waals surface area contributed by atoms with Crippen LogP contribution in [0, 0.1) is 46.3 Å². The van der Waals surface area contributed by atoms with Crippen molar-refractivity contribution in [2.24, 2.45) is 46.3 Å². The van der Waals surface area contributed by atoms with Crippen LogP contribution in [0.5, 0.6) is 0 Å². The van der Waals surface area contributed by atoms with Gasteiger partial charge in [0.05, 0.1) is 12.7 Å². The van der Waals surface area contributed by atoms with Gasteiger partial charge in [0, 0.05) is 25.7 Å². The molecule has 0 unspecified atom stereocenters. The molecule has 11 atom stereocenters. The fourth-order valence-corrected chi connectivity index (χ4v) is 9.98. The maximum Gasteiger partial charge on any atom is 0.302 e. The summed E-state index contributed by atoms with van der Waals surface area (Å²) >= 11 is 0. The number of carbonyl (C=O) groups excluding carboxylic acids is 1. The highest BCUT2D eigenvalue weighted by Crippen LogP contribution is 2.70. The summed E-state index contributed by atoms with van der Waals surface area (Å²) in [6, 6.07) is 0. The normalized spacial score (nSPS) is 55.2. The van der Waals surface area contributed by atoms with Crippen molar-refractivity contribution in [3.8, 4) is 0 Å². The molecule has 0 aromatic carbocycles. The standard InChI is InChI=1S/C29H44O4/c1-17-8-13-29(31-16-17)18(2)26-25(33-29)15-24-22-7-6-20-14-21(32-19(3)30)9-11-27(20,4)23(22)10-12-28(24,26)5/h6,17-18,21-26H,7-16H2,1-5H3/t17-,18+,21+,22+,23-,24+,25+,26+,27-,28-,29-/m0/s1. The van der Waals surface area contributed by atoms with E-state index >= 15 is 0 Å². The first-order valence-corrected chi connectivity index (χ1v) is 13.8. The molecule has 0 radical (unpaired) electrons. The Morgan fingerprint density at radius 1 is 1.09 bits per heavy atom. The van der Waals surface area contributed by atoms with Gasteiger partial charge in [-0.2, -0.15) is 0 Å². The Hall–Kier alpha value is -0.870. The predicted molar refractivity (Wildman–Crippen MR) is 127 cm³/mol.